The molecule has 1 rings (SSSR count). The van der Waals surface area contributed by atoms with Gasteiger partial charge in [0, 0.05) is 11.8 Å². The molecular weight excluding hydrogens is 114 g/mol. The molecule has 0 aliphatic carbocycles. The summed E-state index contributed by atoms with van der Waals surface area (Å²) in [6.07, 6.45) is 3.84. The van der Waals surface area contributed by atoms with E-state index in [0.717, 1.165) is 5.56 Å². The Morgan fingerprint density at radius 3 is 2.89 bits per heavy atom. The molecule has 0 spiro atoms. The van der Waals surface area contributed by atoms with Crippen molar-refractivity contribution in [3.8, 4) is 0 Å². The summed E-state index contributed by atoms with van der Waals surface area (Å²) < 4.78 is 0. The van der Waals surface area contributed by atoms with Crippen molar-refractivity contribution in [2.45, 2.75) is 13.0 Å². The van der Waals surface area contributed by atoms with Gasteiger partial charge in [0.1, 0.15) is 0 Å². The van der Waals surface area contributed by atoms with E-state index in [-0.39, 0.29) is 0 Å². The third-order valence-electron chi connectivity index (χ3n) is 1.08. The second kappa shape index (κ2) is 2.60. The van der Waals surface area contributed by atoms with Crippen molar-refractivity contribution in [2.24, 2.45) is 0 Å². The van der Waals surface area contributed by atoms with Crippen LogP contribution in [-0.4, -0.2) is 10.1 Å². The van der Waals surface area contributed by atoms with E-state index in [2.05, 4.69) is 11.2 Å². The summed E-state index contributed by atoms with van der Waals surface area (Å²) in [7, 11) is 0. The predicted octanol–water partition coefficient (Wildman–Crippen LogP) is 0.935. The first kappa shape index (κ1) is 6.23. The Morgan fingerprint density at radius 1 is 1.78 bits per heavy atom. The van der Waals surface area contributed by atoms with Gasteiger partial charge in [0.05, 0.1) is 12.3 Å². The standard InChI is InChI=1S/C7H8NO/c1-6(9)7-3-2-4-8-5-7/h2-4,6,9H,1H3. The molecule has 0 saturated carbocycles. The Hall–Kier alpha value is -0.890. The van der Waals surface area contributed by atoms with Gasteiger partial charge in [-0.15, -0.1) is 0 Å². The molecule has 0 amide bonds. The number of hydrogen-bond donors (Lipinski definition) is 1. The number of aliphatic hydroxyl groups excluding tert-OH is 1. The number of pyridine rings is 1. The van der Waals surface area contributed by atoms with Gasteiger partial charge >= 0.3 is 0 Å². The Bertz CT molecular complexity index is 172. The summed E-state index contributed by atoms with van der Waals surface area (Å²) >= 11 is 0. The molecule has 9 heavy (non-hydrogen) atoms. The van der Waals surface area contributed by atoms with E-state index < -0.39 is 6.10 Å². The van der Waals surface area contributed by atoms with Crippen molar-refractivity contribution in [3.63, 3.8) is 0 Å². The van der Waals surface area contributed by atoms with Crippen LogP contribution >= 0.6 is 0 Å². The molecule has 1 N–H and O–H groups in total. The van der Waals surface area contributed by atoms with Gasteiger partial charge in [-0.05, 0) is 13.0 Å². The maximum atomic E-state index is 8.95. The molecule has 1 radical (unpaired) electrons. The lowest BCUT2D eigenvalue weighted by Gasteiger charge is -1.99. The smallest absolute Gasteiger partial charge is 0.0947 e. The Kier molecular flexibility index (Phi) is 1.80. The Balaban J connectivity index is 2.85. The minimum Gasteiger partial charge on any atom is -0.389 e. The highest BCUT2D eigenvalue weighted by Gasteiger charge is 1.97. The Labute approximate surface area is 54.2 Å². The van der Waals surface area contributed by atoms with Gasteiger partial charge in [-0.1, -0.05) is 6.07 Å². The molecule has 1 aromatic heterocycles. The van der Waals surface area contributed by atoms with Gasteiger partial charge in [0.15, 0.2) is 0 Å². The summed E-state index contributed by atoms with van der Waals surface area (Å²) in [5.74, 6) is 0. The fourth-order valence-electron chi connectivity index (χ4n) is 0.571. The van der Waals surface area contributed by atoms with Gasteiger partial charge in [-0.3, -0.25) is 4.98 Å². The zero-order valence-electron chi connectivity index (χ0n) is 5.20. The molecule has 0 bridgehead atoms. The maximum Gasteiger partial charge on any atom is 0.0947 e. The molecule has 0 aliphatic rings. The summed E-state index contributed by atoms with van der Waals surface area (Å²) in [6, 6.07) is 3.57. The summed E-state index contributed by atoms with van der Waals surface area (Å²) in [5.41, 5.74) is 0.734. The first-order valence-electron chi connectivity index (χ1n) is 2.81. The van der Waals surface area contributed by atoms with Crippen molar-refractivity contribution in [1.29, 1.82) is 0 Å². The van der Waals surface area contributed by atoms with Crippen LogP contribution in [0.3, 0.4) is 0 Å². The van der Waals surface area contributed by atoms with E-state index in [1.807, 2.05) is 0 Å². The van der Waals surface area contributed by atoms with Crippen LogP contribution in [0.1, 0.15) is 18.6 Å². The van der Waals surface area contributed by atoms with Crippen LogP contribution < -0.4 is 0 Å². The quantitative estimate of drug-likeness (QED) is 0.601. The number of nitrogens with zero attached hydrogens (tertiary/aromatic N) is 1. The van der Waals surface area contributed by atoms with Crippen LogP contribution in [-0.2, 0) is 0 Å². The van der Waals surface area contributed by atoms with Crippen LogP contribution in [0.4, 0.5) is 0 Å². The van der Waals surface area contributed by atoms with E-state index in [4.69, 9.17) is 5.11 Å². The summed E-state index contributed by atoms with van der Waals surface area (Å²) in [6.45, 7) is 1.69. The molecule has 1 aromatic rings. The van der Waals surface area contributed by atoms with Crippen LogP contribution in [0.5, 0.6) is 0 Å². The van der Waals surface area contributed by atoms with Gasteiger partial charge in [0.25, 0.3) is 0 Å². The normalized spacial score (nSPS) is 13.1. The molecule has 1 heterocycles. The van der Waals surface area contributed by atoms with Gasteiger partial charge in [0.2, 0.25) is 0 Å². The maximum absolute atomic E-state index is 8.95. The van der Waals surface area contributed by atoms with Crippen molar-refractivity contribution in [1.82, 2.24) is 4.98 Å². The predicted molar refractivity (Wildman–Crippen MR) is 33.7 cm³/mol. The van der Waals surface area contributed by atoms with Crippen LogP contribution in [0.15, 0.2) is 18.3 Å². The zero-order chi connectivity index (χ0) is 6.69. The van der Waals surface area contributed by atoms with Crippen molar-refractivity contribution in [2.75, 3.05) is 0 Å². The molecule has 2 heteroatoms. The van der Waals surface area contributed by atoms with Crippen LogP contribution in [0.25, 0.3) is 0 Å². The minimum absolute atomic E-state index is 0.460. The van der Waals surface area contributed by atoms with Gasteiger partial charge < -0.3 is 5.11 Å². The average Bonchev–Trinajstić information content (AvgIpc) is 1.90. The molecule has 0 aromatic carbocycles. The second-order valence-electron chi connectivity index (χ2n) is 1.88. The molecule has 0 fully saturated rings. The third-order valence-corrected chi connectivity index (χ3v) is 1.08. The first-order chi connectivity index (χ1) is 4.30. The number of hydrogen-bond acceptors (Lipinski definition) is 2. The lowest BCUT2D eigenvalue weighted by atomic mass is 10.2. The van der Waals surface area contributed by atoms with Crippen molar-refractivity contribution >= 4 is 0 Å². The van der Waals surface area contributed by atoms with Crippen molar-refractivity contribution < 1.29 is 5.11 Å². The summed E-state index contributed by atoms with van der Waals surface area (Å²) in [4.78, 5) is 3.72. The minimum atomic E-state index is -0.460. The topological polar surface area (TPSA) is 33.1 Å². The molecule has 2 nitrogen and oxygen atoms in total. The second-order valence-corrected chi connectivity index (χ2v) is 1.88. The third kappa shape index (κ3) is 1.50. The van der Waals surface area contributed by atoms with Gasteiger partial charge in [-0.25, -0.2) is 0 Å². The van der Waals surface area contributed by atoms with E-state index in [1.54, 1.807) is 25.3 Å². The Morgan fingerprint density at radius 2 is 2.56 bits per heavy atom. The van der Waals surface area contributed by atoms with Gasteiger partial charge in [-0.2, -0.15) is 0 Å². The van der Waals surface area contributed by atoms with Crippen LogP contribution in [0.2, 0.25) is 0 Å². The molecule has 47 valence electrons. The first-order valence-corrected chi connectivity index (χ1v) is 2.81. The zero-order valence-corrected chi connectivity index (χ0v) is 5.20. The number of rotatable bonds is 1. The average molecular weight is 122 g/mol. The van der Waals surface area contributed by atoms with E-state index in [9.17, 15) is 0 Å². The fraction of sp³-hybridized carbons (Fsp3) is 0.286. The highest BCUT2D eigenvalue weighted by Crippen LogP contribution is 2.06. The van der Waals surface area contributed by atoms with E-state index in [0.29, 0.717) is 0 Å². The monoisotopic (exact) mass is 122 g/mol. The lowest BCUT2D eigenvalue weighted by Crippen LogP contribution is -1.90. The molecule has 1 unspecified atom stereocenters. The molecule has 1 atom stereocenters. The highest BCUT2D eigenvalue weighted by atomic mass is 16.3. The van der Waals surface area contributed by atoms with E-state index in [1.165, 1.54) is 0 Å². The summed E-state index contributed by atoms with van der Waals surface area (Å²) in [5, 5.41) is 8.95. The lowest BCUT2D eigenvalue weighted by molar-refractivity contribution is 0.198. The molecule has 0 saturated heterocycles. The number of aliphatic hydroxyl groups is 1. The molecule has 0 aliphatic heterocycles. The van der Waals surface area contributed by atoms with E-state index >= 15 is 0 Å². The van der Waals surface area contributed by atoms with Crippen LogP contribution in [0, 0.1) is 6.20 Å². The van der Waals surface area contributed by atoms with Crippen molar-refractivity contribution in [3.05, 3.63) is 30.1 Å². The largest absolute Gasteiger partial charge is 0.389 e. The molecular formula is C7H8NO. The SMILES string of the molecule is CC(O)c1[c]nccc1. The highest BCUT2D eigenvalue weighted by molar-refractivity contribution is 5.08. The number of aromatic nitrogens is 1. The fourth-order valence-corrected chi connectivity index (χ4v) is 0.571.